The summed E-state index contributed by atoms with van der Waals surface area (Å²) < 4.78 is 28.9. The van der Waals surface area contributed by atoms with Crippen LogP contribution in [0.2, 0.25) is 0 Å². The maximum atomic E-state index is 14.5. The number of rotatable bonds is 2. The molecule has 3 nitrogen and oxygen atoms in total. The van der Waals surface area contributed by atoms with E-state index in [2.05, 4.69) is 21.2 Å². The molecule has 1 aromatic heterocycles. The van der Waals surface area contributed by atoms with Gasteiger partial charge in [0.2, 0.25) is 0 Å². The molecule has 138 valence electrons. The highest BCUT2D eigenvalue weighted by atomic mass is 19.1. The van der Waals surface area contributed by atoms with Gasteiger partial charge in [-0.2, -0.15) is 10.2 Å². The summed E-state index contributed by atoms with van der Waals surface area (Å²) in [5.41, 5.74) is 4.84. The van der Waals surface area contributed by atoms with E-state index in [4.69, 9.17) is 0 Å². The number of hydrogen-bond donors (Lipinski definition) is 0. The van der Waals surface area contributed by atoms with Crippen molar-refractivity contribution in [1.29, 1.82) is 0 Å². The number of aromatic nitrogens is 2. The molecule has 1 aliphatic rings. The molecule has 1 aliphatic heterocycles. The molecule has 1 atom stereocenters. The van der Waals surface area contributed by atoms with Gasteiger partial charge in [-0.05, 0) is 68.4 Å². The lowest BCUT2D eigenvalue weighted by Gasteiger charge is -2.19. The molecule has 2 heterocycles. The number of halogens is 2. The van der Waals surface area contributed by atoms with Gasteiger partial charge in [0.25, 0.3) is 0 Å². The molecule has 5 heteroatoms. The summed E-state index contributed by atoms with van der Waals surface area (Å²) in [5, 5.41) is 8.39. The van der Waals surface area contributed by atoms with E-state index in [1.165, 1.54) is 18.2 Å². The molecule has 4 rings (SSSR count). The predicted molar refractivity (Wildman–Crippen MR) is 101 cm³/mol. The maximum Gasteiger partial charge on any atom is 0.129 e. The van der Waals surface area contributed by atoms with Crippen molar-refractivity contribution in [1.82, 2.24) is 15.1 Å². The van der Waals surface area contributed by atoms with Gasteiger partial charge in [-0.25, -0.2) is 8.78 Å². The van der Waals surface area contributed by atoms with E-state index >= 15 is 0 Å². The lowest BCUT2D eigenvalue weighted by atomic mass is 9.85. The first kappa shape index (κ1) is 17.7. The van der Waals surface area contributed by atoms with Gasteiger partial charge in [0.05, 0.1) is 11.4 Å². The topological polar surface area (TPSA) is 29.0 Å². The maximum absolute atomic E-state index is 14.5. The number of benzene rings is 2. The first-order chi connectivity index (χ1) is 13.0. The number of fused-ring (bicyclic) bond motifs is 1. The first-order valence-corrected chi connectivity index (χ1v) is 9.09. The van der Waals surface area contributed by atoms with Crippen LogP contribution in [0.1, 0.15) is 34.7 Å². The summed E-state index contributed by atoms with van der Waals surface area (Å²) >= 11 is 0. The second-order valence-electron chi connectivity index (χ2n) is 7.19. The lowest BCUT2D eigenvalue weighted by molar-refractivity contribution is 0.327. The number of aryl methyl sites for hydroxylation is 1. The van der Waals surface area contributed by atoms with E-state index < -0.39 is 11.6 Å². The molecule has 0 bridgehead atoms. The lowest BCUT2D eigenvalue weighted by Crippen LogP contribution is -2.17. The average molecular weight is 365 g/mol. The zero-order valence-corrected chi connectivity index (χ0v) is 15.4. The summed E-state index contributed by atoms with van der Waals surface area (Å²) in [6.07, 6.45) is 0.672. The Bertz CT molecular complexity index is 950. The number of hydrogen-bond acceptors (Lipinski definition) is 3. The third kappa shape index (κ3) is 3.47. The van der Waals surface area contributed by atoms with Gasteiger partial charge >= 0.3 is 0 Å². The third-order valence-electron chi connectivity index (χ3n) is 5.20. The van der Waals surface area contributed by atoms with Gasteiger partial charge in [0.15, 0.2) is 0 Å². The van der Waals surface area contributed by atoms with Crippen molar-refractivity contribution in [3.63, 3.8) is 0 Å². The fraction of sp³-hybridized carbons (Fsp3) is 0.273. The van der Waals surface area contributed by atoms with Crippen LogP contribution in [0.15, 0.2) is 48.5 Å². The van der Waals surface area contributed by atoms with Crippen molar-refractivity contribution >= 4 is 0 Å². The van der Waals surface area contributed by atoms with Crippen molar-refractivity contribution in [3.8, 4) is 11.3 Å². The van der Waals surface area contributed by atoms with E-state index in [0.717, 1.165) is 41.2 Å². The first-order valence-electron chi connectivity index (χ1n) is 9.09. The Hall–Kier alpha value is -2.66. The van der Waals surface area contributed by atoms with Gasteiger partial charge in [0.1, 0.15) is 11.6 Å². The fourth-order valence-corrected chi connectivity index (χ4v) is 3.81. The quantitative estimate of drug-likeness (QED) is 0.659. The molecule has 0 amide bonds. The minimum absolute atomic E-state index is 0.164. The molecule has 1 unspecified atom stereocenters. The highest BCUT2D eigenvalue weighted by Crippen LogP contribution is 2.37. The minimum atomic E-state index is -0.482. The van der Waals surface area contributed by atoms with Gasteiger partial charge in [-0.3, -0.25) is 0 Å². The molecule has 3 aromatic rings. The van der Waals surface area contributed by atoms with Crippen molar-refractivity contribution in [2.24, 2.45) is 0 Å². The summed E-state index contributed by atoms with van der Waals surface area (Å²) in [5.74, 6) is -1.27. The predicted octanol–water partition coefficient (Wildman–Crippen LogP) is 4.70. The summed E-state index contributed by atoms with van der Waals surface area (Å²) in [6, 6.07) is 14.0. The van der Waals surface area contributed by atoms with E-state index in [1.54, 1.807) is 0 Å². The van der Waals surface area contributed by atoms with Gasteiger partial charge < -0.3 is 4.90 Å². The van der Waals surface area contributed by atoms with Crippen LogP contribution in [-0.2, 0) is 6.54 Å². The summed E-state index contributed by atoms with van der Waals surface area (Å²) in [7, 11) is 2.03. The molecule has 0 aliphatic carbocycles. The van der Waals surface area contributed by atoms with E-state index in [-0.39, 0.29) is 11.5 Å². The average Bonchev–Trinajstić information content (AvgIpc) is 2.80. The van der Waals surface area contributed by atoms with Crippen LogP contribution in [0.4, 0.5) is 8.78 Å². The van der Waals surface area contributed by atoms with Crippen LogP contribution in [-0.4, -0.2) is 28.7 Å². The standard InChI is InChI=1S/C22H21F2N3/c1-14-6-9-21(26-25-14)15-7-8-17-16(12-15)13-27(2)11-10-18(17)22-19(23)4-3-5-20(22)24/h3-9,12,18H,10-11,13H2,1-2H3. The molecule has 0 saturated carbocycles. The Labute approximate surface area is 157 Å². The molecule has 0 fully saturated rings. The van der Waals surface area contributed by atoms with Crippen molar-refractivity contribution in [3.05, 3.63) is 82.5 Å². The van der Waals surface area contributed by atoms with Crippen LogP contribution in [0.25, 0.3) is 11.3 Å². The molecular formula is C22H21F2N3. The minimum Gasteiger partial charge on any atom is -0.302 e. The van der Waals surface area contributed by atoms with Gasteiger partial charge in [-0.15, -0.1) is 0 Å². The third-order valence-corrected chi connectivity index (χ3v) is 5.20. The van der Waals surface area contributed by atoms with Crippen LogP contribution >= 0.6 is 0 Å². The molecule has 2 aromatic carbocycles. The molecule has 0 saturated heterocycles. The summed E-state index contributed by atoms with van der Waals surface area (Å²) in [4.78, 5) is 2.18. The Morgan fingerprint density at radius 1 is 1.00 bits per heavy atom. The van der Waals surface area contributed by atoms with E-state index in [0.29, 0.717) is 6.42 Å². The Kier molecular flexibility index (Phi) is 4.70. The zero-order chi connectivity index (χ0) is 19.0. The molecule has 27 heavy (non-hydrogen) atoms. The SMILES string of the molecule is Cc1ccc(-c2ccc3c(c2)CN(C)CCC3c2c(F)cccc2F)nn1. The van der Waals surface area contributed by atoms with E-state index in [1.807, 2.05) is 38.2 Å². The molecule has 0 N–H and O–H groups in total. The Morgan fingerprint density at radius 2 is 1.78 bits per heavy atom. The molecule has 0 spiro atoms. The molecular weight excluding hydrogens is 344 g/mol. The van der Waals surface area contributed by atoms with Gasteiger partial charge in [0, 0.05) is 23.6 Å². The normalized spacial score (nSPS) is 17.4. The Balaban J connectivity index is 1.82. The van der Waals surface area contributed by atoms with Crippen molar-refractivity contribution < 1.29 is 8.78 Å². The largest absolute Gasteiger partial charge is 0.302 e. The monoisotopic (exact) mass is 365 g/mol. The van der Waals surface area contributed by atoms with Crippen LogP contribution in [0.5, 0.6) is 0 Å². The highest BCUT2D eigenvalue weighted by molar-refractivity contribution is 5.61. The Morgan fingerprint density at radius 3 is 2.48 bits per heavy atom. The smallest absolute Gasteiger partial charge is 0.129 e. The highest BCUT2D eigenvalue weighted by Gasteiger charge is 2.27. The van der Waals surface area contributed by atoms with Gasteiger partial charge in [-0.1, -0.05) is 18.2 Å². The van der Waals surface area contributed by atoms with Crippen molar-refractivity contribution in [2.45, 2.75) is 25.8 Å². The fourth-order valence-electron chi connectivity index (χ4n) is 3.81. The second-order valence-corrected chi connectivity index (χ2v) is 7.19. The van der Waals surface area contributed by atoms with Crippen molar-refractivity contribution in [2.75, 3.05) is 13.6 Å². The zero-order valence-electron chi connectivity index (χ0n) is 15.4. The van der Waals surface area contributed by atoms with Crippen LogP contribution in [0, 0.1) is 18.6 Å². The number of nitrogens with zero attached hydrogens (tertiary/aromatic N) is 3. The van der Waals surface area contributed by atoms with Crippen LogP contribution in [0.3, 0.4) is 0 Å². The second kappa shape index (κ2) is 7.16. The molecule has 0 radical (unpaired) electrons. The van der Waals surface area contributed by atoms with E-state index in [9.17, 15) is 8.78 Å². The summed E-state index contributed by atoms with van der Waals surface area (Å²) in [6.45, 7) is 3.40. The van der Waals surface area contributed by atoms with Crippen LogP contribution < -0.4 is 0 Å².